The lowest BCUT2D eigenvalue weighted by Gasteiger charge is -2.01. The number of carbonyl (C=O) groups excluding carboxylic acids is 1. The summed E-state index contributed by atoms with van der Waals surface area (Å²) in [6.07, 6.45) is 1.45. The fourth-order valence-corrected chi connectivity index (χ4v) is 1.47. The van der Waals surface area contributed by atoms with Crippen LogP contribution in [0.4, 0.5) is 4.39 Å². The van der Waals surface area contributed by atoms with Gasteiger partial charge in [0.1, 0.15) is 5.82 Å². The van der Waals surface area contributed by atoms with Gasteiger partial charge in [-0.3, -0.25) is 4.79 Å². The summed E-state index contributed by atoms with van der Waals surface area (Å²) in [4.78, 5) is 11.9. The fraction of sp³-hybridized carbons (Fsp3) is 0.154. The van der Waals surface area contributed by atoms with Crippen molar-refractivity contribution in [3.05, 3.63) is 58.8 Å². The van der Waals surface area contributed by atoms with Gasteiger partial charge in [0.2, 0.25) is 5.78 Å². The third kappa shape index (κ3) is 1.76. The van der Waals surface area contributed by atoms with Gasteiger partial charge >= 0.3 is 0 Å². The zero-order chi connectivity index (χ0) is 11.7. The highest BCUT2D eigenvalue weighted by Gasteiger charge is 2.15. The van der Waals surface area contributed by atoms with Crippen LogP contribution in [0.5, 0.6) is 0 Å². The molecule has 16 heavy (non-hydrogen) atoms. The van der Waals surface area contributed by atoms with E-state index in [9.17, 15) is 9.18 Å². The second-order valence-corrected chi connectivity index (χ2v) is 3.73. The predicted molar refractivity (Wildman–Crippen MR) is 58.0 cm³/mol. The Bertz CT molecular complexity index is 541. The van der Waals surface area contributed by atoms with Gasteiger partial charge < -0.3 is 4.42 Å². The molecule has 0 radical (unpaired) electrons. The van der Waals surface area contributed by atoms with Crippen LogP contribution in [0.2, 0.25) is 0 Å². The van der Waals surface area contributed by atoms with Crippen molar-refractivity contribution < 1.29 is 13.6 Å². The Hall–Kier alpha value is -1.90. The number of ketones is 1. The molecule has 0 aliphatic rings. The zero-order valence-corrected chi connectivity index (χ0v) is 9.08. The molecule has 0 aliphatic carbocycles. The molecule has 0 aliphatic heterocycles. The van der Waals surface area contributed by atoms with E-state index in [4.69, 9.17) is 4.42 Å². The van der Waals surface area contributed by atoms with Gasteiger partial charge in [-0.2, -0.15) is 0 Å². The van der Waals surface area contributed by atoms with Crippen molar-refractivity contribution >= 4 is 5.78 Å². The van der Waals surface area contributed by atoms with Crippen molar-refractivity contribution in [2.24, 2.45) is 0 Å². The summed E-state index contributed by atoms with van der Waals surface area (Å²) in [5, 5.41) is 0. The number of rotatable bonds is 2. The quantitative estimate of drug-likeness (QED) is 0.724. The van der Waals surface area contributed by atoms with Gasteiger partial charge in [-0.05, 0) is 37.1 Å². The molecule has 0 spiro atoms. The summed E-state index contributed by atoms with van der Waals surface area (Å²) >= 11 is 0. The highest BCUT2D eigenvalue weighted by Crippen LogP contribution is 2.17. The van der Waals surface area contributed by atoms with E-state index in [1.54, 1.807) is 32.0 Å². The minimum absolute atomic E-state index is 0.267. The Morgan fingerprint density at radius 2 is 1.94 bits per heavy atom. The van der Waals surface area contributed by atoms with E-state index in [0.717, 1.165) is 5.56 Å². The zero-order valence-electron chi connectivity index (χ0n) is 9.08. The summed E-state index contributed by atoms with van der Waals surface area (Å²) in [5.74, 6) is -0.403. The maximum Gasteiger partial charge on any atom is 0.228 e. The first kappa shape index (κ1) is 10.6. The molecule has 0 saturated heterocycles. The van der Waals surface area contributed by atoms with Gasteiger partial charge in [0, 0.05) is 5.56 Å². The maximum atomic E-state index is 13.3. The van der Waals surface area contributed by atoms with Crippen molar-refractivity contribution in [3.8, 4) is 0 Å². The first-order chi connectivity index (χ1) is 7.59. The van der Waals surface area contributed by atoms with Crippen LogP contribution in [-0.2, 0) is 0 Å². The van der Waals surface area contributed by atoms with E-state index in [1.165, 1.54) is 12.3 Å². The Kier molecular flexibility index (Phi) is 2.60. The molecule has 82 valence electrons. The molecule has 1 aromatic carbocycles. The fourth-order valence-electron chi connectivity index (χ4n) is 1.47. The predicted octanol–water partition coefficient (Wildman–Crippen LogP) is 3.27. The van der Waals surface area contributed by atoms with Crippen molar-refractivity contribution in [2.75, 3.05) is 0 Å². The molecule has 2 rings (SSSR count). The molecule has 0 fully saturated rings. The van der Waals surface area contributed by atoms with Gasteiger partial charge in [0.15, 0.2) is 5.76 Å². The molecule has 0 unspecified atom stereocenters. The molecule has 1 heterocycles. The normalized spacial score (nSPS) is 10.4. The van der Waals surface area contributed by atoms with E-state index in [1.807, 2.05) is 0 Å². The van der Waals surface area contributed by atoms with E-state index in [2.05, 4.69) is 0 Å². The van der Waals surface area contributed by atoms with Gasteiger partial charge in [-0.25, -0.2) is 4.39 Å². The summed E-state index contributed by atoms with van der Waals surface area (Å²) in [6, 6.07) is 6.13. The van der Waals surface area contributed by atoms with Crippen LogP contribution in [0.3, 0.4) is 0 Å². The average Bonchev–Trinajstić information content (AvgIpc) is 2.67. The third-order valence-electron chi connectivity index (χ3n) is 2.50. The van der Waals surface area contributed by atoms with E-state index < -0.39 is 0 Å². The van der Waals surface area contributed by atoms with Crippen LogP contribution in [0.1, 0.15) is 27.2 Å². The molecule has 2 nitrogen and oxygen atoms in total. The molecule has 2 aromatic rings. The van der Waals surface area contributed by atoms with Crippen molar-refractivity contribution in [1.29, 1.82) is 0 Å². The van der Waals surface area contributed by atoms with E-state index in [0.29, 0.717) is 11.1 Å². The average molecular weight is 218 g/mol. The smallest absolute Gasteiger partial charge is 0.228 e. The molecule has 0 saturated carbocycles. The third-order valence-corrected chi connectivity index (χ3v) is 2.50. The summed E-state index contributed by atoms with van der Waals surface area (Å²) < 4.78 is 18.4. The molecule has 3 heteroatoms. The Morgan fingerprint density at radius 1 is 1.19 bits per heavy atom. The summed E-state index contributed by atoms with van der Waals surface area (Å²) in [5.41, 5.74) is 1.58. The lowest BCUT2D eigenvalue weighted by Crippen LogP contribution is -2.02. The molecular formula is C13H11FO2. The molecule has 0 N–H and O–H groups in total. The first-order valence-corrected chi connectivity index (χ1v) is 4.94. The number of aryl methyl sites for hydroxylation is 2. The first-order valence-electron chi connectivity index (χ1n) is 4.94. The lowest BCUT2D eigenvalue weighted by molar-refractivity contribution is 0.101. The highest BCUT2D eigenvalue weighted by atomic mass is 19.1. The number of hydrogen-bond donors (Lipinski definition) is 0. The SMILES string of the molecule is Cc1ccc(C(=O)c2occc2C)cc1F. The topological polar surface area (TPSA) is 30.2 Å². The minimum atomic E-state index is -0.380. The van der Waals surface area contributed by atoms with Crippen LogP contribution in [0.25, 0.3) is 0 Å². The van der Waals surface area contributed by atoms with Crippen LogP contribution in [-0.4, -0.2) is 5.78 Å². The van der Waals surface area contributed by atoms with Crippen LogP contribution in [0.15, 0.2) is 34.9 Å². The minimum Gasteiger partial charge on any atom is -0.461 e. The maximum absolute atomic E-state index is 13.3. The van der Waals surface area contributed by atoms with Gasteiger partial charge in [-0.1, -0.05) is 12.1 Å². The van der Waals surface area contributed by atoms with Gasteiger partial charge in [0.25, 0.3) is 0 Å². The van der Waals surface area contributed by atoms with E-state index in [-0.39, 0.29) is 17.4 Å². The largest absolute Gasteiger partial charge is 0.461 e. The van der Waals surface area contributed by atoms with Crippen LogP contribution < -0.4 is 0 Å². The van der Waals surface area contributed by atoms with Crippen molar-refractivity contribution in [1.82, 2.24) is 0 Å². The molecular weight excluding hydrogens is 207 g/mol. The van der Waals surface area contributed by atoms with Gasteiger partial charge in [-0.15, -0.1) is 0 Å². The highest BCUT2D eigenvalue weighted by molar-refractivity contribution is 6.07. The Morgan fingerprint density at radius 3 is 2.50 bits per heavy atom. The van der Waals surface area contributed by atoms with Crippen molar-refractivity contribution in [2.45, 2.75) is 13.8 Å². The number of benzene rings is 1. The lowest BCUT2D eigenvalue weighted by atomic mass is 10.0. The number of hydrogen-bond acceptors (Lipinski definition) is 2. The standard InChI is InChI=1S/C13H11FO2/c1-8-3-4-10(7-11(8)14)12(15)13-9(2)5-6-16-13/h3-7H,1-2H3. The van der Waals surface area contributed by atoms with Gasteiger partial charge in [0.05, 0.1) is 6.26 Å². The van der Waals surface area contributed by atoms with Crippen LogP contribution >= 0.6 is 0 Å². The molecule has 0 atom stereocenters. The summed E-state index contributed by atoms with van der Waals surface area (Å²) in [6.45, 7) is 3.43. The number of carbonyl (C=O) groups is 1. The number of halogens is 1. The second-order valence-electron chi connectivity index (χ2n) is 3.73. The Labute approximate surface area is 92.7 Å². The number of furan rings is 1. The monoisotopic (exact) mass is 218 g/mol. The second kappa shape index (κ2) is 3.93. The van der Waals surface area contributed by atoms with Crippen molar-refractivity contribution in [3.63, 3.8) is 0 Å². The molecule has 1 aromatic heterocycles. The van der Waals surface area contributed by atoms with Crippen LogP contribution in [0, 0.1) is 19.7 Å². The van der Waals surface area contributed by atoms with E-state index >= 15 is 0 Å². The Balaban J connectivity index is 2.42. The summed E-state index contributed by atoms with van der Waals surface area (Å²) in [7, 11) is 0. The molecule has 0 bridgehead atoms. The molecule has 0 amide bonds.